The predicted molar refractivity (Wildman–Crippen MR) is 202 cm³/mol. The number of aromatic nitrogens is 5. The molecule has 0 saturated carbocycles. The monoisotopic (exact) mass is 764 g/mol. The Morgan fingerprint density at radius 3 is 2.54 bits per heavy atom. The number of carbonyl (C=O) groups excluding carboxylic acids is 1. The van der Waals surface area contributed by atoms with Gasteiger partial charge in [0.1, 0.15) is 18.1 Å². The van der Waals surface area contributed by atoms with Crippen LogP contribution in [0.25, 0.3) is 10.3 Å². The molecule has 1 N–H and O–H groups in total. The van der Waals surface area contributed by atoms with Crippen molar-refractivity contribution in [2.24, 2.45) is 12.1 Å². The van der Waals surface area contributed by atoms with E-state index in [2.05, 4.69) is 40.1 Å². The van der Waals surface area contributed by atoms with Crippen molar-refractivity contribution in [2.75, 3.05) is 11.9 Å². The van der Waals surface area contributed by atoms with Crippen molar-refractivity contribution >= 4 is 57.1 Å². The molecule has 0 bridgehead atoms. The molecule has 6 rings (SSSR count). The SMILES string of the molecule is Cn1c2c(c3c1nc(C(c1ccn(COCC[Si](C)(C)C)n1)S(=O)(=O)c1ccccc1)[s+]3[O-])C=NN(Cc1cccc(NC(=O)OC(C)(C)C)n1)C2. The fraction of sp³-hybridized carbons (Fsp3) is 0.400. The summed E-state index contributed by atoms with van der Waals surface area (Å²) < 4.78 is 58.0. The number of benzene rings is 1. The molecule has 17 heteroatoms. The summed E-state index contributed by atoms with van der Waals surface area (Å²) in [6.45, 7) is 13.6. The van der Waals surface area contributed by atoms with E-state index >= 15 is 0 Å². The van der Waals surface area contributed by atoms with Crippen molar-refractivity contribution in [1.82, 2.24) is 29.3 Å². The molecule has 1 aliphatic rings. The van der Waals surface area contributed by atoms with Gasteiger partial charge in [-0.05, 0) is 67.9 Å². The minimum Gasteiger partial charge on any atom is -0.589 e. The van der Waals surface area contributed by atoms with Crippen molar-refractivity contribution in [3.05, 3.63) is 88.4 Å². The third-order valence-electron chi connectivity index (χ3n) is 8.29. The largest absolute Gasteiger partial charge is 0.589 e. The van der Waals surface area contributed by atoms with Crippen molar-refractivity contribution < 1.29 is 27.2 Å². The highest BCUT2D eigenvalue weighted by atomic mass is 32.2. The summed E-state index contributed by atoms with van der Waals surface area (Å²) in [7, 11) is -5.52. The first-order chi connectivity index (χ1) is 24.5. The summed E-state index contributed by atoms with van der Waals surface area (Å²) in [5.41, 5.74) is 2.10. The normalized spacial score (nSPS) is 14.5. The Labute approximate surface area is 307 Å². The number of nitrogens with zero attached hydrogens (tertiary/aromatic N) is 7. The number of hydrogen-bond donors (Lipinski definition) is 1. The number of fused-ring (bicyclic) bond motifs is 3. The molecule has 0 fully saturated rings. The fourth-order valence-corrected chi connectivity index (χ4v) is 10.1. The highest BCUT2D eigenvalue weighted by molar-refractivity contribution is 7.92. The molecule has 2 unspecified atom stereocenters. The van der Waals surface area contributed by atoms with Gasteiger partial charge in [0, 0.05) is 27.9 Å². The molecule has 0 radical (unpaired) electrons. The third kappa shape index (κ3) is 8.28. The Bertz CT molecular complexity index is 2220. The maximum absolute atomic E-state index is 14.4. The first kappa shape index (κ1) is 37.3. The lowest BCUT2D eigenvalue weighted by Gasteiger charge is -2.23. The lowest BCUT2D eigenvalue weighted by molar-refractivity contribution is 0.0635. The molecule has 5 heterocycles. The highest BCUT2D eigenvalue weighted by Crippen LogP contribution is 2.45. The van der Waals surface area contributed by atoms with Gasteiger partial charge in [0.2, 0.25) is 9.95 Å². The summed E-state index contributed by atoms with van der Waals surface area (Å²) in [5.74, 6) is 0.350. The first-order valence-electron chi connectivity index (χ1n) is 16.9. The Hall–Kier alpha value is -4.42. The van der Waals surface area contributed by atoms with Crippen LogP contribution in [0.5, 0.6) is 0 Å². The number of ether oxygens (including phenoxy) is 2. The van der Waals surface area contributed by atoms with Gasteiger partial charge in [0.05, 0.1) is 46.8 Å². The van der Waals surface area contributed by atoms with Gasteiger partial charge in [-0.2, -0.15) is 15.2 Å². The zero-order valence-corrected chi connectivity index (χ0v) is 33.0. The van der Waals surface area contributed by atoms with E-state index in [1.165, 1.54) is 12.1 Å². The van der Waals surface area contributed by atoms with Crippen LogP contribution in [-0.2, 0) is 46.2 Å². The fourth-order valence-electron chi connectivity index (χ4n) is 5.72. The van der Waals surface area contributed by atoms with Crippen molar-refractivity contribution in [3.63, 3.8) is 0 Å². The quantitative estimate of drug-likeness (QED) is 0.0845. The Balaban J connectivity index is 1.28. The van der Waals surface area contributed by atoms with Crippen LogP contribution < -0.4 is 5.32 Å². The van der Waals surface area contributed by atoms with Gasteiger partial charge in [-0.25, -0.2) is 22.9 Å². The van der Waals surface area contributed by atoms with E-state index in [1.54, 1.807) is 79.3 Å². The van der Waals surface area contributed by atoms with Crippen molar-refractivity contribution in [3.8, 4) is 0 Å². The molecule has 0 spiro atoms. The van der Waals surface area contributed by atoms with Gasteiger partial charge in [0.15, 0.2) is 15.5 Å². The molecule has 5 aromatic rings. The summed E-state index contributed by atoms with van der Waals surface area (Å²) >= 11 is 0. The summed E-state index contributed by atoms with van der Waals surface area (Å²) in [6, 6.07) is 16.0. The van der Waals surface area contributed by atoms with E-state index in [9.17, 15) is 17.8 Å². The number of rotatable bonds is 12. The number of sulfone groups is 1. The first-order valence-corrected chi connectivity index (χ1v) is 23.3. The van der Waals surface area contributed by atoms with E-state index in [-0.39, 0.29) is 22.3 Å². The van der Waals surface area contributed by atoms with Gasteiger partial charge in [0.25, 0.3) is 5.01 Å². The third-order valence-corrected chi connectivity index (χ3v) is 13.6. The van der Waals surface area contributed by atoms with Crippen molar-refractivity contribution in [2.45, 2.75) is 82.0 Å². The molecule has 2 atom stereocenters. The molecule has 1 aromatic carbocycles. The van der Waals surface area contributed by atoms with Crippen LogP contribution in [0.2, 0.25) is 25.7 Å². The van der Waals surface area contributed by atoms with Gasteiger partial charge in [-0.1, -0.05) is 43.9 Å². The number of aryl methyl sites for hydroxylation is 1. The number of thiazole rings is 1. The Morgan fingerprint density at radius 1 is 1.08 bits per heavy atom. The second-order valence-corrected chi connectivity index (χ2v) is 23.9. The smallest absolute Gasteiger partial charge is 0.413 e. The second kappa shape index (κ2) is 14.5. The van der Waals surface area contributed by atoms with Crippen LogP contribution >= 0.6 is 10.8 Å². The minimum absolute atomic E-state index is 0.00788. The predicted octanol–water partition coefficient (Wildman–Crippen LogP) is 6.46. The van der Waals surface area contributed by atoms with E-state index < -0.39 is 45.6 Å². The number of hydrogen-bond acceptors (Lipinski definition) is 11. The van der Waals surface area contributed by atoms with Crippen LogP contribution in [0.1, 0.15) is 53.7 Å². The van der Waals surface area contributed by atoms with E-state index in [4.69, 9.17) is 14.5 Å². The van der Waals surface area contributed by atoms with Gasteiger partial charge < -0.3 is 18.6 Å². The maximum Gasteiger partial charge on any atom is 0.413 e. The zero-order chi connectivity index (χ0) is 37.4. The lowest BCUT2D eigenvalue weighted by Crippen LogP contribution is -2.27. The standard InChI is InChI=1S/C35H44N8O6S2Si/c1-35(2,3)49-34(44)38-29-15-11-12-24(37-29)21-43-22-28-26(20-36-43)30-32(41(28)4)39-33(50(30)45)31(51(46,47)25-13-9-8-10-14-25)27-16-17-42(40-27)23-48-18-19-52(5,6)7/h8-17,20,31H,18-19,21-23H2,1-7H3,(H,37,38,44). The van der Waals surface area contributed by atoms with Gasteiger partial charge >= 0.3 is 6.09 Å². The van der Waals surface area contributed by atoms with E-state index in [1.807, 2.05) is 17.7 Å². The lowest BCUT2D eigenvalue weighted by atomic mass is 10.2. The molecule has 52 heavy (non-hydrogen) atoms. The highest BCUT2D eigenvalue weighted by Gasteiger charge is 2.42. The minimum atomic E-state index is -4.12. The summed E-state index contributed by atoms with van der Waals surface area (Å²) in [6.07, 6.45) is 2.70. The molecule has 1 amide bonds. The molecule has 0 aliphatic carbocycles. The van der Waals surface area contributed by atoms with Crippen molar-refractivity contribution in [1.29, 1.82) is 0 Å². The Kier molecular flexibility index (Phi) is 10.4. The molecule has 4 aromatic heterocycles. The number of anilines is 1. The Morgan fingerprint density at radius 2 is 1.83 bits per heavy atom. The number of amides is 1. The van der Waals surface area contributed by atoms with Crippen LogP contribution in [-0.4, -0.2) is 74.9 Å². The number of hydrazone groups is 1. The number of pyridine rings is 1. The van der Waals surface area contributed by atoms with E-state index in [0.29, 0.717) is 47.1 Å². The molecule has 1 aliphatic heterocycles. The van der Waals surface area contributed by atoms with Gasteiger partial charge in [-0.15, -0.1) is 0 Å². The van der Waals surface area contributed by atoms with E-state index in [0.717, 1.165) is 11.7 Å². The second-order valence-electron chi connectivity index (χ2n) is 14.9. The van der Waals surface area contributed by atoms with Gasteiger partial charge in [-0.3, -0.25) is 10.3 Å². The van der Waals surface area contributed by atoms with Crippen LogP contribution in [0.4, 0.5) is 10.6 Å². The van der Waals surface area contributed by atoms with Crippen LogP contribution in [0.3, 0.4) is 0 Å². The maximum atomic E-state index is 14.4. The zero-order valence-electron chi connectivity index (χ0n) is 30.4. The molecule has 0 saturated heterocycles. The molecule has 14 nitrogen and oxygen atoms in total. The molecule has 276 valence electrons. The number of nitrogens with one attached hydrogen (secondary N) is 1. The summed E-state index contributed by atoms with van der Waals surface area (Å²) in [4.78, 5) is 21.7. The van der Waals surface area contributed by atoms with Crippen LogP contribution in [0, 0.1) is 0 Å². The van der Waals surface area contributed by atoms with Crippen LogP contribution in [0.15, 0.2) is 70.8 Å². The molecular formula is C35H44N8O6S2Si. The topological polar surface area (TPSA) is 169 Å². The number of carbonyl (C=O) groups is 1. The molecular weight excluding hydrogens is 721 g/mol. The average Bonchev–Trinajstić information content (AvgIpc) is 3.73. The summed E-state index contributed by atoms with van der Waals surface area (Å²) in [5, 5.41) is 12.3. The average molecular weight is 765 g/mol.